The van der Waals surface area contributed by atoms with Crippen LogP contribution in [-0.4, -0.2) is 22.1 Å². The van der Waals surface area contributed by atoms with Gasteiger partial charge in [-0.3, -0.25) is 0 Å². The minimum absolute atomic E-state index is 0.105. The summed E-state index contributed by atoms with van der Waals surface area (Å²) in [6.45, 7) is 2.16. The molecule has 1 unspecified atom stereocenters. The van der Waals surface area contributed by atoms with Gasteiger partial charge < -0.3 is 14.3 Å². The number of aryl methyl sites for hydroxylation is 1. The van der Waals surface area contributed by atoms with E-state index in [4.69, 9.17) is 17.0 Å². The van der Waals surface area contributed by atoms with Gasteiger partial charge in [-0.2, -0.15) is 0 Å². The van der Waals surface area contributed by atoms with Crippen molar-refractivity contribution in [2.75, 3.05) is 6.61 Å². The van der Waals surface area contributed by atoms with Gasteiger partial charge in [0.05, 0.1) is 12.6 Å². The van der Waals surface area contributed by atoms with Crippen LogP contribution in [0.2, 0.25) is 0 Å². The van der Waals surface area contributed by atoms with Crippen molar-refractivity contribution in [3.8, 4) is 0 Å². The van der Waals surface area contributed by atoms with Crippen LogP contribution in [0.15, 0.2) is 30.5 Å². The van der Waals surface area contributed by atoms with Crippen molar-refractivity contribution in [2.24, 2.45) is 0 Å². The van der Waals surface area contributed by atoms with Gasteiger partial charge >= 0.3 is 5.97 Å². The average molecular weight is 302 g/mol. The number of imidazole rings is 1. The lowest BCUT2D eigenvalue weighted by Gasteiger charge is -2.27. The molecule has 1 atom stereocenters. The van der Waals surface area contributed by atoms with Gasteiger partial charge in [0.2, 0.25) is 0 Å². The van der Waals surface area contributed by atoms with Crippen LogP contribution in [0, 0.1) is 4.77 Å². The maximum atomic E-state index is 12.1. The molecular formula is C16H18N2O2S. The molecule has 5 heteroatoms. The Hall–Kier alpha value is -1.88. The van der Waals surface area contributed by atoms with Crippen LogP contribution in [0.3, 0.4) is 0 Å². The Labute approximate surface area is 128 Å². The van der Waals surface area contributed by atoms with Crippen LogP contribution in [0.5, 0.6) is 0 Å². The molecule has 3 rings (SSSR count). The summed E-state index contributed by atoms with van der Waals surface area (Å²) in [7, 11) is 0. The fourth-order valence-electron chi connectivity index (χ4n) is 3.05. The van der Waals surface area contributed by atoms with Gasteiger partial charge in [0, 0.05) is 6.20 Å². The highest BCUT2D eigenvalue weighted by molar-refractivity contribution is 7.71. The Morgan fingerprint density at radius 3 is 3.10 bits per heavy atom. The molecule has 110 valence electrons. The van der Waals surface area contributed by atoms with Crippen LogP contribution in [0.4, 0.5) is 0 Å². The number of aromatic amines is 1. The molecule has 0 aliphatic heterocycles. The third-order valence-electron chi connectivity index (χ3n) is 3.94. The second kappa shape index (κ2) is 5.85. The number of esters is 1. The van der Waals surface area contributed by atoms with E-state index in [1.807, 2.05) is 10.6 Å². The van der Waals surface area contributed by atoms with E-state index in [-0.39, 0.29) is 12.0 Å². The number of hydrogen-bond acceptors (Lipinski definition) is 3. The molecule has 0 fully saturated rings. The number of carbonyl (C=O) groups excluding carboxylic acids is 1. The lowest BCUT2D eigenvalue weighted by atomic mass is 9.87. The van der Waals surface area contributed by atoms with Crippen LogP contribution in [0.25, 0.3) is 0 Å². The topological polar surface area (TPSA) is 47.0 Å². The first kappa shape index (κ1) is 14.1. The van der Waals surface area contributed by atoms with Crippen LogP contribution < -0.4 is 0 Å². The molecule has 0 bridgehead atoms. The third kappa shape index (κ3) is 2.53. The molecule has 0 saturated heterocycles. The zero-order chi connectivity index (χ0) is 14.8. The second-order valence-corrected chi connectivity index (χ2v) is 5.56. The predicted octanol–water partition coefficient (Wildman–Crippen LogP) is 3.65. The maximum Gasteiger partial charge on any atom is 0.356 e. The van der Waals surface area contributed by atoms with E-state index in [1.165, 1.54) is 11.1 Å². The minimum atomic E-state index is -0.326. The van der Waals surface area contributed by atoms with E-state index < -0.39 is 0 Å². The van der Waals surface area contributed by atoms with Gasteiger partial charge in [0.1, 0.15) is 5.69 Å². The van der Waals surface area contributed by atoms with Crippen molar-refractivity contribution in [1.29, 1.82) is 0 Å². The normalized spacial score (nSPS) is 17.3. The molecule has 0 saturated carbocycles. The number of hydrogen-bond donors (Lipinski definition) is 1. The van der Waals surface area contributed by atoms with E-state index in [0.717, 1.165) is 19.3 Å². The lowest BCUT2D eigenvalue weighted by Crippen LogP contribution is -2.21. The standard InChI is InChI=1S/C16H18N2O2S/c1-2-20-15(19)14-10-17-16(21)18(14)13-9-5-7-11-6-3-4-8-12(11)13/h3-4,6,8,10,13H,2,5,7,9H2,1H3,(H,17,21). The van der Waals surface area contributed by atoms with Crippen molar-refractivity contribution >= 4 is 18.2 Å². The number of nitrogens with zero attached hydrogens (tertiary/aromatic N) is 1. The fraction of sp³-hybridized carbons (Fsp3) is 0.375. The Bertz CT molecular complexity index is 717. The van der Waals surface area contributed by atoms with E-state index in [0.29, 0.717) is 17.1 Å². The van der Waals surface area contributed by atoms with Crippen molar-refractivity contribution < 1.29 is 9.53 Å². The zero-order valence-corrected chi connectivity index (χ0v) is 12.8. The molecule has 1 heterocycles. The summed E-state index contributed by atoms with van der Waals surface area (Å²) < 4.78 is 7.61. The summed E-state index contributed by atoms with van der Waals surface area (Å²) in [5, 5.41) is 0. The Kier molecular flexibility index (Phi) is 3.92. The number of carbonyl (C=O) groups is 1. The number of fused-ring (bicyclic) bond motifs is 1. The highest BCUT2D eigenvalue weighted by Gasteiger charge is 2.26. The van der Waals surface area contributed by atoms with Gasteiger partial charge in [0.25, 0.3) is 0 Å². The number of benzene rings is 1. The quantitative estimate of drug-likeness (QED) is 0.695. The highest BCUT2D eigenvalue weighted by atomic mass is 32.1. The third-order valence-corrected chi connectivity index (χ3v) is 4.26. The van der Waals surface area contributed by atoms with Crippen LogP contribution in [0.1, 0.15) is 47.4 Å². The van der Waals surface area contributed by atoms with E-state index >= 15 is 0 Å². The molecule has 0 radical (unpaired) electrons. The second-order valence-electron chi connectivity index (χ2n) is 5.18. The molecule has 1 aromatic heterocycles. The summed E-state index contributed by atoms with van der Waals surface area (Å²) in [6.07, 6.45) is 4.81. The van der Waals surface area contributed by atoms with Crippen molar-refractivity contribution in [1.82, 2.24) is 9.55 Å². The highest BCUT2D eigenvalue weighted by Crippen LogP contribution is 2.33. The molecule has 0 spiro atoms. The SMILES string of the molecule is CCOC(=O)c1c[nH]c(=S)n1C1CCCc2ccccc21. The van der Waals surface area contributed by atoms with Crippen molar-refractivity contribution in [3.05, 3.63) is 52.1 Å². The number of nitrogens with one attached hydrogen (secondary N) is 1. The molecule has 1 aliphatic carbocycles. The van der Waals surface area contributed by atoms with Crippen LogP contribution >= 0.6 is 12.2 Å². The molecular weight excluding hydrogens is 284 g/mol. The molecule has 1 aromatic carbocycles. The van der Waals surface area contributed by atoms with Crippen LogP contribution in [-0.2, 0) is 11.2 Å². The van der Waals surface area contributed by atoms with E-state index in [1.54, 1.807) is 13.1 Å². The largest absolute Gasteiger partial charge is 0.461 e. The molecule has 1 aliphatic rings. The molecule has 1 N–H and O–H groups in total. The minimum Gasteiger partial charge on any atom is -0.461 e. The smallest absolute Gasteiger partial charge is 0.356 e. The lowest BCUT2D eigenvalue weighted by molar-refractivity contribution is 0.0511. The molecule has 21 heavy (non-hydrogen) atoms. The Morgan fingerprint density at radius 2 is 2.29 bits per heavy atom. The van der Waals surface area contributed by atoms with E-state index in [2.05, 4.69) is 23.2 Å². The molecule has 2 aromatic rings. The first-order chi connectivity index (χ1) is 10.2. The molecule has 4 nitrogen and oxygen atoms in total. The summed E-state index contributed by atoms with van der Waals surface area (Å²) >= 11 is 5.39. The van der Waals surface area contributed by atoms with Gasteiger partial charge in [0.15, 0.2) is 4.77 Å². The summed E-state index contributed by atoms with van der Waals surface area (Å²) in [5.74, 6) is -0.326. The number of H-pyrrole nitrogens is 1. The molecule has 0 amide bonds. The van der Waals surface area contributed by atoms with Crippen molar-refractivity contribution in [2.45, 2.75) is 32.2 Å². The number of ether oxygens (including phenoxy) is 1. The maximum absolute atomic E-state index is 12.1. The first-order valence-electron chi connectivity index (χ1n) is 7.27. The fourth-order valence-corrected chi connectivity index (χ4v) is 3.33. The average Bonchev–Trinajstić information content (AvgIpc) is 2.88. The first-order valence-corrected chi connectivity index (χ1v) is 7.68. The predicted molar refractivity (Wildman–Crippen MR) is 83.1 cm³/mol. The summed E-state index contributed by atoms with van der Waals surface area (Å²) in [5.41, 5.74) is 3.10. The Balaban J connectivity index is 2.08. The van der Waals surface area contributed by atoms with Gasteiger partial charge in [-0.05, 0) is 49.5 Å². The monoisotopic (exact) mass is 302 g/mol. The zero-order valence-electron chi connectivity index (χ0n) is 12.0. The summed E-state index contributed by atoms with van der Waals surface area (Å²) in [4.78, 5) is 15.1. The van der Waals surface area contributed by atoms with E-state index in [9.17, 15) is 4.79 Å². The van der Waals surface area contributed by atoms with Gasteiger partial charge in [-0.15, -0.1) is 0 Å². The number of rotatable bonds is 3. The van der Waals surface area contributed by atoms with Gasteiger partial charge in [-0.1, -0.05) is 24.3 Å². The van der Waals surface area contributed by atoms with Crippen molar-refractivity contribution in [3.63, 3.8) is 0 Å². The number of aromatic nitrogens is 2. The Morgan fingerprint density at radius 1 is 1.48 bits per heavy atom. The van der Waals surface area contributed by atoms with Gasteiger partial charge in [-0.25, -0.2) is 4.79 Å². The summed E-state index contributed by atoms with van der Waals surface area (Å²) in [6, 6.07) is 8.49.